The van der Waals surface area contributed by atoms with Gasteiger partial charge in [0.2, 0.25) is 5.89 Å². The van der Waals surface area contributed by atoms with Gasteiger partial charge in [0.1, 0.15) is 0 Å². The summed E-state index contributed by atoms with van der Waals surface area (Å²) in [6.07, 6.45) is 3.68. The first-order valence-electron chi connectivity index (χ1n) is 6.36. The largest absolute Gasteiger partial charge is 0.338 e. The van der Waals surface area contributed by atoms with Crippen LogP contribution in [0.5, 0.6) is 0 Å². The Labute approximate surface area is 131 Å². The summed E-state index contributed by atoms with van der Waals surface area (Å²) in [5, 5.41) is 5.38. The minimum Gasteiger partial charge on any atom is -0.338 e. The van der Waals surface area contributed by atoms with Crippen molar-refractivity contribution in [3.05, 3.63) is 52.9 Å². The fourth-order valence-corrected chi connectivity index (χ4v) is 2.93. The lowest BCUT2D eigenvalue weighted by molar-refractivity contribution is 0.387. The van der Waals surface area contributed by atoms with Crippen molar-refractivity contribution in [2.75, 3.05) is 0 Å². The smallest absolute Gasteiger partial charge is 0.237 e. The van der Waals surface area contributed by atoms with Gasteiger partial charge in [-0.25, -0.2) is 4.98 Å². The molecule has 0 bridgehead atoms. The molecule has 3 aromatic rings. The van der Waals surface area contributed by atoms with Crippen LogP contribution in [0.1, 0.15) is 17.3 Å². The summed E-state index contributed by atoms with van der Waals surface area (Å²) >= 11 is 7.73. The number of aryl methyl sites for hydroxylation is 1. The van der Waals surface area contributed by atoms with Crippen molar-refractivity contribution in [3.63, 3.8) is 0 Å². The quantitative estimate of drug-likeness (QED) is 0.684. The van der Waals surface area contributed by atoms with Crippen molar-refractivity contribution in [1.29, 1.82) is 0 Å². The van der Waals surface area contributed by atoms with Gasteiger partial charge in [-0.15, -0.1) is 0 Å². The molecule has 0 saturated heterocycles. The van der Waals surface area contributed by atoms with Crippen LogP contribution in [-0.2, 0) is 5.75 Å². The van der Waals surface area contributed by atoms with Crippen LogP contribution in [0, 0.1) is 13.8 Å². The van der Waals surface area contributed by atoms with Crippen molar-refractivity contribution in [2.24, 2.45) is 0 Å². The molecule has 2 aromatic heterocycles. The van der Waals surface area contributed by atoms with E-state index in [-0.39, 0.29) is 0 Å². The standard InChI is InChI=1S/C14H13ClN4OS/c1-9-11(15)4-3-5-12(9)19-7-6-16-14(19)21-8-13-17-10(2)18-20-13/h3-7H,8H2,1-2H3. The monoisotopic (exact) mass is 320 g/mol. The van der Waals surface area contributed by atoms with Crippen LogP contribution >= 0.6 is 23.4 Å². The number of halogens is 1. The number of hydrogen-bond donors (Lipinski definition) is 0. The van der Waals surface area contributed by atoms with Gasteiger partial charge in [0.15, 0.2) is 11.0 Å². The number of aromatic nitrogens is 4. The fraction of sp³-hybridized carbons (Fsp3) is 0.214. The van der Waals surface area contributed by atoms with E-state index in [9.17, 15) is 0 Å². The second kappa shape index (κ2) is 5.91. The van der Waals surface area contributed by atoms with E-state index in [0.29, 0.717) is 17.5 Å². The number of rotatable bonds is 4. The van der Waals surface area contributed by atoms with Crippen molar-refractivity contribution in [3.8, 4) is 5.69 Å². The van der Waals surface area contributed by atoms with Crippen molar-refractivity contribution < 1.29 is 4.52 Å². The Kier molecular flexibility index (Phi) is 3.98. The summed E-state index contributed by atoms with van der Waals surface area (Å²) in [5.41, 5.74) is 2.04. The van der Waals surface area contributed by atoms with E-state index in [4.69, 9.17) is 16.1 Å². The van der Waals surface area contributed by atoms with E-state index < -0.39 is 0 Å². The van der Waals surface area contributed by atoms with Gasteiger partial charge in [0.25, 0.3) is 0 Å². The highest BCUT2D eigenvalue weighted by molar-refractivity contribution is 7.98. The van der Waals surface area contributed by atoms with Crippen LogP contribution in [0.2, 0.25) is 5.02 Å². The van der Waals surface area contributed by atoms with E-state index in [2.05, 4.69) is 15.1 Å². The lowest BCUT2D eigenvalue weighted by atomic mass is 10.2. The van der Waals surface area contributed by atoms with Crippen molar-refractivity contribution in [2.45, 2.75) is 24.8 Å². The zero-order valence-electron chi connectivity index (χ0n) is 11.6. The van der Waals surface area contributed by atoms with Gasteiger partial charge >= 0.3 is 0 Å². The first-order chi connectivity index (χ1) is 10.1. The first kappa shape index (κ1) is 14.2. The molecule has 5 nitrogen and oxygen atoms in total. The van der Waals surface area contributed by atoms with E-state index in [0.717, 1.165) is 21.4 Å². The van der Waals surface area contributed by atoms with Crippen LogP contribution in [0.15, 0.2) is 40.3 Å². The predicted octanol–water partition coefficient (Wildman–Crippen LogP) is 3.82. The summed E-state index contributed by atoms with van der Waals surface area (Å²) < 4.78 is 7.12. The third kappa shape index (κ3) is 2.96. The molecule has 0 aliphatic rings. The summed E-state index contributed by atoms with van der Waals surface area (Å²) in [7, 11) is 0. The Morgan fingerprint density at radius 1 is 1.33 bits per heavy atom. The maximum Gasteiger partial charge on any atom is 0.237 e. The Morgan fingerprint density at radius 2 is 2.19 bits per heavy atom. The molecule has 0 aliphatic heterocycles. The molecular weight excluding hydrogens is 308 g/mol. The average Bonchev–Trinajstić information content (AvgIpc) is 3.08. The highest BCUT2D eigenvalue weighted by Crippen LogP contribution is 2.27. The van der Waals surface area contributed by atoms with Crippen LogP contribution in [-0.4, -0.2) is 19.7 Å². The molecule has 0 spiro atoms. The molecule has 108 valence electrons. The third-order valence-corrected chi connectivity index (χ3v) is 4.36. The van der Waals surface area contributed by atoms with Crippen molar-refractivity contribution >= 4 is 23.4 Å². The van der Waals surface area contributed by atoms with Crippen LogP contribution in [0.3, 0.4) is 0 Å². The van der Waals surface area contributed by atoms with Crippen molar-refractivity contribution in [1.82, 2.24) is 19.7 Å². The summed E-state index contributed by atoms with van der Waals surface area (Å²) in [6, 6.07) is 5.83. The summed E-state index contributed by atoms with van der Waals surface area (Å²) in [6.45, 7) is 3.79. The molecule has 0 saturated carbocycles. The zero-order chi connectivity index (χ0) is 14.8. The lowest BCUT2D eigenvalue weighted by Crippen LogP contribution is -1.98. The Hall–Kier alpha value is -1.79. The maximum atomic E-state index is 6.18. The van der Waals surface area contributed by atoms with Gasteiger partial charge in [-0.3, -0.25) is 4.57 Å². The van der Waals surface area contributed by atoms with E-state index in [1.807, 2.05) is 35.9 Å². The molecular formula is C14H13ClN4OS. The number of nitrogens with zero attached hydrogens (tertiary/aromatic N) is 4. The molecule has 0 atom stereocenters. The molecule has 3 rings (SSSR count). The number of thioether (sulfide) groups is 1. The summed E-state index contributed by atoms with van der Waals surface area (Å²) in [5.74, 6) is 1.81. The number of benzene rings is 1. The lowest BCUT2D eigenvalue weighted by Gasteiger charge is -2.10. The molecule has 1 aromatic carbocycles. The Morgan fingerprint density at radius 3 is 2.95 bits per heavy atom. The van der Waals surface area contributed by atoms with Crippen LogP contribution in [0.4, 0.5) is 0 Å². The van der Waals surface area contributed by atoms with E-state index >= 15 is 0 Å². The SMILES string of the molecule is Cc1noc(CSc2nccn2-c2cccc(Cl)c2C)n1. The minimum atomic E-state index is 0.581. The fourth-order valence-electron chi connectivity index (χ4n) is 1.96. The van der Waals surface area contributed by atoms with Gasteiger partial charge in [0, 0.05) is 17.4 Å². The highest BCUT2D eigenvalue weighted by atomic mass is 35.5. The van der Waals surface area contributed by atoms with Gasteiger partial charge in [-0.05, 0) is 31.5 Å². The van der Waals surface area contributed by atoms with Gasteiger partial charge < -0.3 is 4.52 Å². The molecule has 0 N–H and O–H groups in total. The summed E-state index contributed by atoms with van der Waals surface area (Å²) in [4.78, 5) is 8.57. The molecule has 7 heteroatoms. The molecule has 0 radical (unpaired) electrons. The predicted molar refractivity (Wildman–Crippen MR) is 81.9 cm³/mol. The van der Waals surface area contributed by atoms with E-state index in [1.54, 1.807) is 24.9 Å². The second-order valence-electron chi connectivity index (χ2n) is 4.49. The van der Waals surface area contributed by atoms with Gasteiger partial charge in [0.05, 0.1) is 11.4 Å². The Bertz CT molecular complexity index is 768. The molecule has 0 amide bonds. The van der Waals surface area contributed by atoms with Crippen LogP contribution in [0.25, 0.3) is 5.69 Å². The zero-order valence-corrected chi connectivity index (χ0v) is 13.1. The minimum absolute atomic E-state index is 0.581. The number of hydrogen-bond acceptors (Lipinski definition) is 5. The van der Waals surface area contributed by atoms with E-state index in [1.165, 1.54) is 0 Å². The van der Waals surface area contributed by atoms with Gasteiger partial charge in [-0.2, -0.15) is 4.98 Å². The molecule has 0 aliphatic carbocycles. The second-order valence-corrected chi connectivity index (χ2v) is 5.84. The molecule has 2 heterocycles. The third-order valence-electron chi connectivity index (χ3n) is 3.00. The Balaban J connectivity index is 1.85. The van der Waals surface area contributed by atoms with Crippen LogP contribution < -0.4 is 0 Å². The molecule has 0 unspecified atom stereocenters. The maximum absolute atomic E-state index is 6.18. The molecule has 21 heavy (non-hydrogen) atoms. The normalized spacial score (nSPS) is 11.0. The average molecular weight is 321 g/mol. The first-order valence-corrected chi connectivity index (χ1v) is 7.72. The highest BCUT2D eigenvalue weighted by Gasteiger charge is 2.11. The topological polar surface area (TPSA) is 56.7 Å². The number of imidazole rings is 1. The van der Waals surface area contributed by atoms with Gasteiger partial charge in [-0.1, -0.05) is 34.6 Å². The molecule has 0 fully saturated rings.